The fourth-order valence-corrected chi connectivity index (χ4v) is 2.55. The summed E-state index contributed by atoms with van der Waals surface area (Å²) in [5.41, 5.74) is 1.93. The third kappa shape index (κ3) is 6.40. The van der Waals surface area contributed by atoms with Gasteiger partial charge in [-0.15, -0.1) is 0 Å². The molecule has 2 aromatic carbocycles. The first-order chi connectivity index (χ1) is 12.0. The SMILES string of the molecule is CCCC(=O)Nc1ccc(Cl)c(NCC(=O)Nc2ccc(Br)cc2)c1. The Hall–Kier alpha value is -2.05. The van der Waals surface area contributed by atoms with Gasteiger partial charge in [-0.3, -0.25) is 9.59 Å². The van der Waals surface area contributed by atoms with Gasteiger partial charge < -0.3 is 16.0 Å². The van der Waals surface area contributed by atoms with E-state index < -0.39 is 0 Å². The molecule has 25 heavy (non-hydrogen) atoms. The van der Waals surface area contributed by atoms with Gasteiger partial charge in [0.15, 0.2) is 0 Å². The minimum absolute atomic E-state index is 0.0521. The lowest BCUT2D eigenvalue weighted by Gasteiger charge is -2.12. The Kier molecular flexibility index (Phi) is 7.28. The molecule has 5 nitrogen and oxygen atoms in total. The summed E-state index contributed by atoms with van der Waals surface area (Å²) in [5, 5.41) is 9.05. The number of amides is 2. The zero-order chi connectivity index (χ0) is 18.2. The zero-order valence-electron chi connectivity index (χ0n) is 13.7. The maximum Gasteiger partial charge on any atom is 0.243 e. The minimum Gasteiger partial charge on any atom is -0.375 e. The van der Waals surface area contributed by atoms with Gasteiger partial charge >= 0.3 is 0 Å². The Labute approximate surface area is 160 Å². The van der Waals surface area contributed by atoms with Crippen LogP contribution in [-0.4, -0.2) is 18.4 Å². The molecular weight excluding hydrogens is 406 g/mol. The van der Waals surface area contributed by atoms with Crippen LogP contribution in [0.5, 0.6) is 0 Å². The average molecular weight is 425 g/mol. The molecule has 0 radical (unpaired) electrons. The molecular formula is C18H19BrClN3O2. The minimum atomic E-state index is -0.196. The third-order valence-corrected chi connectivity index (χ3v) is 4.15. The Morgan fingerprint density at radius 2 is 1.64 bits per heavy atom. The first kappa shape index (κ1) is 19.3. The molecule has 0 bridgehead atoms. The highest BCUT2D eigenvalue weighted by atomic mass is 79.9. The quantitative estimate of drug-likeness (QED) is 0.592. The largest absolute Gasteiger partial charge is 0.375 e. The number of carbonyl (C=O) groups excluding carboxylic acids is 2. The molecule has 0 unspecified atom stereocenters. The summed E-state index contributed by atoms with van der Waals surface area (Å²) < 4.78 is 0.942. The number of rotatable bonds is 7. The summed E-state index contributed by atoms with van der Waals surface area (Å²) >= 11 is 9.49. The van der Waals surface area contributed by atoms with Gasteiger partial charge in [0.05, 0.1) is 17.3 Å². The van der Waals surface area contributed by atoms with E-state index in [1.54, 1.807) is 30.3 Å². The monoisotopic (exact) mass is 423 g/mol. The molecule has 0 spiro atoms. The van der Waals surface area contributed by atoms with Gasteiger partial charge in [-0.2, -0.15) is 0 Å². The predicted molar refractivity (Wildman–Crippen MR) is 106 cm³/mol. The molecule has 132 valence electrons. The lowest BCUT2D eigenvalue weighted by molar-refractivity contribution is -0.116. The Bertz CT molecular complexity index is 750. The van der Waals surface area contributed by atoms with Crippen molar-refractivity contribution in [3.05, 3.63) is 52.0 Å². The summed E-state index contributed by atoms with van der Waals surface area (Å²) in [4.78, 5) is 23.7. The molecule has 0 saturated heterocycles. The highest BCUT2D eigenvalue weighted by molar-refractivity contribution is 9.10. The van der Waals surface area contributed by atoms with Crippen molar-refractivity contribution in [2.24, 2.45) is 0 Å². The van der Waals surface area contributed by atoms with Crippen molar-refractivity contribution in [3.63, 3.8) is 0 Å². The molecule has 7 heteroatoms. The van der Waals surface area contributed by atoms with E-state index in [0.717, 1.165) is 10.9 Å². The first-order valence-corrected chi connectivity index (χ1v) is 9.03. The summed E-state index contributed by atoms with van der Waals surface area (Å²) in [6, 6.07) is 12.4. The third-order valence-electron chi connectivity index (χ3n) is 3.29. The maximum absolute atomic E-state index is 12.0. The molecule has 0 aliphatic rings. The molecule has 2 rings (SSSR count). The van der Waals surface area contributed by atoms with Crippen molar-refractivity contribution in [1.82, 2.24) is 0 Å². The molecule has 0 aliphatic heterocycles. The number of hydrogen-bond donors (Lipinski definition) is 3. The molecule has 2 amide bonds. The van der Waals surface area contributed by atoms with E-state index in [4.69, 9.17) is 11.6 Å². The lowest BCUT2D eigenvalue weighted by atomic mass is 10.2. The zero-order valence-corrected chi connectivity index (χ0v) is 16.1. The van der Waals surface area contributed by atoms with Crippen molar-refractivity contribution in [2.75, 3.05) is 22.5 Å². The van der Waals surface area contributed by atoms with Crippen LogP contribution in [0.3, 0.4) is 0 Å². The Morgan fingerprint density at radius 3 is 2.32 bits per heavy atom. The fourth-order valence-electron chi connectivity index (χ4n) is 2.10. The van der Waals surface area contributed by atoms with Crippen molar-refractivity contribution in [2.45, 2.75) is 19.8 Å². The van der Waals surface area contributed by atoms with Gasteiger partial charge in [0.1, 0.15) is 0 Å². The van der Waals surface area contributed by atoms with E-state index >= 15 is 0 Å². The second kappa shape index (κ2) is 9.44. The summed E-state index contributed by atoms with van der Waals surface area (Å²) in [6.45, 7) is 2.00. The fraction of sp³-hybridized carbons (Fsp3) is 0.222. The van der Waals surface area contributed by atoms with E-state index in [-0.39, 0.29) is 18.4 Å². The van der Waals surface area contributed by atoms with Gasteiger partial charge in [-0.1, -0.05) is 34.5 Å². The van der Waals surface area contributed by atoms with Crippen molar-refractivity contribution < 1.29 is 9.59 Å². The highest BCUT2D eigenvalue weighted by Gasteiger charge is 2.07. The maximum atomic E-state index is 12.0. The van der Waals surface area contributed by atoms with Crippen molar-refractivity contribution >= 4 is 56.4 Å². The topological polar surface area (TPSA) is 70.2 Å². The number of anilines is 3. The number of benzene rings is 2. The normalized spacial score (nSPS) is 10.2. The van der Waals surface area contributed by atoms with Crippen LogP contribution in [0.25, 0.3) is 0 Å². The molecule has 3 N–H and O–H groups in total. The van der Waals surface area contributed by atoms with Crippen LogP contribution in [0.2, 0.25) is 5.02 Å². The summed E-state index contributed by atoms with van der Waals surface area (Å²) in [7, 11) is 0. The molecule has 0 aliphatic carbocycles. The van der Waals surface area contributed by atoms with Crippen LogP contribution < -0.4 is 16.0 Å². The van der Waals surface area contributed by atoms with Crippen molar-refractivity contribution in [3.8, 4) is 0 Å². The van der Waals surface area contributed by atoms with Gasteiger partial charge in [0, 0.05) is 22.3 Å². The average Bonchev–Trinajstić information content (AvgIpc) is 2.57. The van der Waals surface area contributed by atoms with E-state index in [9.17, 15) is 9.59 Å². The number of hydrogen-bond acceptors (Lipinski definition) is 3. The second-order valence-electron chi connectivity index (χ2n) is 5.40. The Balaban J connectivity index is 1.93. The van der Waals surface area contributed by atoms with Crippen LogP contribution in [0.15, 0.2) is 46.9 Å². The van der Waals surface area contributed by atoms with Gasteiger partial charge in [0.2, 0.25) is 11.8 Å². The van der Waals surface area contributed by atoms with Crippen LogP contribution in [0, 0.1) is 0 Å². The van der Waals surface area contributed by atoms with Crippen LogP contribution in [0.1, 0.15) is 19.8 Å². The van der Waals surface area contributed by atoms with Crippen LogP contribution >= 0.6 is 27.5 Å². The first-order valence-electron chi connectivity index (χ1n) is 7.86. The summed E-state index contributed by atoms with van der Waals surface area (Å²) in [5.74, 6) is -0.248. The van der Waals surface area contributed by atoms with Gasteiger partial charge in [0.25, 0.3) is 0 Å². The van der Waals surface area contributed by atoms with Gasteiger partial charge in [-0.25, -0.2) is 0 Å². The smallest absolute Gasteiger partial charge is 0.243 e. The second-order valence-corrected chi connectivity index (χ2v) is 6.72. The number of halogens is 2. The Morgan fingerprint density at radius 1 is 1.00 bits per heavy atom. The molecule has 0 saturated carbocycles. The number of carbonyl (C=O) groups is 2. The van der Waals surface area contributed by atoms with Gasteiger partial charge in [-0.05, 0) is 48.9 Å². The molecule has 0 atom stereocenters. The van der Waals surface area contributed by atoms with E-state index in [2.05, 4.69) is 31.9 Å². The van der Waals surface area contributed by atoms with Crippen LogP contribution in [-0.2, 0) is 9.59 Å². The summed E-state index contributed by atoms with van der Waals surface area (Å²) in [6.07, 6.45) is 1.24. The van der Waals surface area contributed by atoms with Crippen molar-refractivity contribution in [1.29, 1.82) is 0 Å². The lowest BCUT2D eigenvalue weighted by Crippen LogP contribution is -2.22. The highest BCUT2D eigenvalue weighted by Crippen LogP contribution is 2.25. The standard InChI is InChI=1S/C18H19BrClN3O2/c1-2-3-17(24)23-14-8-9-15(20)16(10-14)21-11-18(25)22-13-6-4-12(19)5-7-13/h4-10,21H,2-3,11H2,1H3,(H,22,25)(H,23,24). The van der Waals surface area contributed by atoms with E-state index in [1.165, 1.54) is 0 Å². The molecule has 2 aromatic rings. The predicted octanol–water partition coefficient (Wildman–Crippen LogP) is 4.89. The molecule has 0 aromatic heterocycles. The van der Waals surface area contributed by atoms with Crippen LogP contribution in [0.4, 0.5) is 17.1 Å². The van der Waals surface area contributed by atoms with E-state index in [0.29, 0.717) is 28.5 Å². The molecule has 0 fully saturated rings. The molecule has 0 heterocycles. The van der Waals surface area contributed by atoms with E-state index in [1.807, 2.05) is 19.1 Å². The number of nitrogens with one attached hydrogen (secondary N) is 3.